The molecule has 1 atom stereocenters. The molecule has 0 aliphatic carbocycles. The van der Waals surface area contributed by atoms with E-state index in [1.54, 1.807) is 4.90 Å². The smallest absolute Gasteiger partial charge is 0.319 e. The molecule has 4 aromatic rings. The number of fused-ring (bicyclic) bond motifs is 2. The van der Waals surface area contributed by atoms with Gasteiger partial charge in [0.15, 0.2) is 12.4 Å². The number of carbonyl (C=O) groups excluding carboxylic acids is 1. The number of halogens is 1. The van der Waals surface area contributed by atoms with Crippen LogP contribution in [0, 0.1) is 0 Å². The highest BCUT2D eigenvalue weighted by Gasteiger charge is 2.31. The van der Waals surface area contributed by atoms with Crippen molar-refractivity contribution in [3.63, 3.8) is 0 Å². The van der Waals surface area contributed by atoms with Crippen LogP contribution >= 0.6 is 0 Å². The molecule has 5 nitrogen and oxygen atoms in total. The van der Waals surface area contributed by atoms with Crippen molar-refractivity contribution in [3.8, 4) is 11.1 Å². The molecule has 2 aromatic heterocycles. The zero-order valence-electron chi connectivity index (χ0n) is 16.5. The van der Waals surface area contributed by atoms with Crippen molar-refractivity contribution < 1.29 is 26.3 Å². The van der Waals surface area contributed by atoms with E-state index in [4.69, 9.17) is 5.73 Å². The first-order valence-electron chi connectivity index (χ1n) is 9.91. The number of amides is 2. The van der Waals surface area contributed by atoms with Crippen molar-refractivity contribution in [2.75, 3.05) is 11.4 Å². The average Bonchev–Trinajstić information content (AvgIpc) is 3.37. The summed E-state index contributed by atoms with van der Waals surface area (Å²) < 4.78 is 2.20. The van der Waals surface area contributed by atoms with E-state index in [-0.39, 0.29) is 23.0 Å². The molecule has 0 saturated heterocycles. The molecule has 1 aliphatic rings. The number of aromatic amines is 1. The van der Waals surface area contributed by atoms with Crippen molar-refractivity contribution in [1.82, 2.24) is 4.98 Å². The Labute approximate surface area is 185 Å². The Morgan fingerprint density at radius 1 is 1.07 bits per heavy atom. The second-order valence-electron chi connectivity index (χ2n) is 7.60. The van der Waals surface area contributed by atoms with Crippen LogP contribution in [0.15, 0.2) is 79.3 Å². The van der Waals surface area contributed by atoms with Gasteiger partial charge in [-0.05, 0) is 46.3 Å². The predicted octanol–water partition coefficient (Wildman–Crippen LogP) is 1.20. The van der Waals surface area contributed by atoms with Gasteiger partial charge in [0.25, 0.3) is 0 Å². The minimum absolute atomic E-state index is 0. The second-order valence-corrected chi connectivity index (χ2v) is 7.60. The molecule has 1 aliphatic heterocycles. The molecule has 0 fully saturated rings. The van der Waals surface area contributed by atoms with Gasteiger partial charge >= 0.3 is 6.03 Å². The number of nitrogens with one attached hydrogen (secondary N) is 1. The van der Waals surface area contributed by atoms with Gasteiger partial charge in [0, 0.05) is 48.4 Å². The van der Waals surface area contributed by atoms with Crippen molar-refractivity contribution in [2.45, 2.75) is 18.9 Å². The molecule has 3 heterocycles. The average molecular weight is 463 g/mol. The molecule has 0 bridgehead atoms. The predicted molar refractivity (Wildman–Crippen MR) is 115 cm³/mol. The van der Waals surface area contributed by atoms with E-state index in [1.165, 1.54) is 22.1 Å². The van der Waals surface area contributed by atoms with E-state index >= 15 is 0 Å². The third-order valence-corrected chi connectivity index (χ3v) is 5.85. The Hall–Kier alpha value is -3.12. The number of anilines is 1. The summed E-state index contributed by atoms with van der Waals surface area (Å²) in [4.78, 5) is 16.7. The lowest BCUT2D eigenvalue weighted by Gasteiger charge is -2.14. The molecule has 2 amide bonds. The molecular formula is C24H23BrN4O. The Morgan fingerprint density at radius 3 is 2.67 bits per heavy atom. The van der Waals surface area contributed by atoms with Crippen LogP contribution in [-0.4, -0.2) is 17.6 Å². The molecule has 3 N–H and O–H groups in total. The molecule has 152 valence electrons. The maximum atomic E-state index is 11.8. The van der Waals surface area contributed by atoms with Gasteiger partial charge in [0.1, 0.15) is 6.54 Å². The Morgan fingerprint density at radius 2 is 1.87 bits per heavy atom. The van der Waals surface area contributed by atoms with Crippen LogP contribution < -0.4 is 32.2 Å². The Bertz CT molecular complexity index is 1190. The lowest BCUT2D eigenvalue weighted by Crippen LogP contribution is -3.00. The number of hydrogen-bond donors (Lipinski definition) is 2. The number of urea groups is 1. The molecule has 0 spiro atoms. The molecule has 5 rings (SSSR count). The SMILES string of the molecule is NC(=O)N1CC(CC[n+]2ccc(-c3ccc4[nH]ccc4c3)cc2)c2ccccc21.[Br-]. The van der Waals surface area contributed by atoms with Crippen molar-refractivity contribution in [3.05, 3.63) is 84.8 Å². The summed E-state index contributed by atoms with van der Waals surface area (Å²) in [6.07, 6.45) is 7.18. The summed E-state index contributed by atoms with van der Waals surface area (Å²) in [5.41, 5.74) is 11.3. The molecule has 6 heteroatoms. The number of para-hydroxylation sites is 1. The number of carbonyl (C=O) groups is 1. The van der Waals surface area contributed by atoms with Crippen molar-refractivity contribution in [1.29, 1.82) is 0 Å². The third kappa shape index (κ3) is 3.71. The van der Waals surface area contributed by atoms with Crippen LogP contribution in [0.2, 0.25) is 0 Å². The fourth-order valence-electron chi connectivity index (χ4n) is 4.29. The molecular weight excluding hydrogens is 440 g/mol. The van der Waals surface area contributed by atoms with Gasteiger partial charge in [0.2, 0.25) is 0 Å². The van der Waals surface area contributed by atoms with E-state index in [0.717, 1.165) is 24.2 Å². The van der Waals surface area contributed by atoms with Gasteiger partial charge in [-0.3, -0.25) is 4.90 Å². The van der Waals surface area contributed by atoms with E-state index in [2.05, 4.69) is 64.4 Å². The van der Waals surface area contributed by atoms with Gasteiger partial charge in [-0.2, -0.15) is 0 Å². The van der Waals surface area contributed by atoms with E-state index in [0.29, 0.717) is 12.5 Å². The van der Waals surface area contributed by atoms with Crippen LogP contribution in [0.3, 0.4) is 0 Å². The highest BCUT2D eigenvalue weighted by atomic mass is 79.9. The number of H-pyrrole nitrogens is 1. The first-order valence-corrected chi connectivity index (χ1v) is 9.91. The zero-order chi connectivity index (χ0) is 19.8. The molecule has 0 radical (unpaired) electrons. The van der Waals surface area contributed by atoms with E-state index < -0.39 is 0 Å². The lowest BCUT2D eigenvalue weighted by atomic mass is 9.98. The number of nitrogens with zero attached hydrogens (tertiary/aromatic N) is 2. The number of pyridine rings is 1. The zero-order valence-corrected chi connectivity index (χ0v) is 18.0. The monoisotopic (exact) mass is 462 g/mol. The number of hydrogen-bond acceptors (Lipinski definition) is 1. The second kappa shape index (κ2) is 8.32. The van der Waals surface area contributed by atoms with E-state index in [9.17, 15) is 4.79 Å². The van der Waals surface area contributed by atoms with Crippen LogP contribution in [0.4, 0.5) is 10.5 Å². The summed E-state index contributed by atoms with van der Waals surface area (Å²) >= 11 is 0. The topological polar surface area (TPSA) is 66.0 Å². The summed E-state index contributed by atoms with van der Waals surface area (Å²) in [6, 6.07) is 20.6. The van der Waals surface area contributed by atoms with Gasteiger partial charge in [-0.25, -0.2) is 9.36 Å². The summed E-state index contributed by atoms with van der Waals surface area (Å²) in [5, 5.41) is 1.22. The van der Waals surface area contributed by atoms with Gasteiger partial charge in [-0.1, -0.05) is 24.3 Å². The Kier molecular flexibility index (Phi) is 5.59. The highest BCUT2D eigenvalue weighted by molar-refractivity contribution is 5.93. The van der Waals surface area contributed by atoms with Crippen molar-refractivity contribution in [2.24, 2.45) is 5.73 Å². The summed E-state index contributed by atoms with van der Waals surface area (Å²) in [5.74, 6) is 0.307. The summed E-state index contributed by atoms with van der Waals surface area (Å²) in [7, 11) is 0. The first-order chi connectivity index (χ1) is 14.2. The van der Waals surface area contributed by atoms with Crippen molar-refractivity contribution >= 4 is 22.6 Å². The molecule has 1 unspecified atom stereocenters. The number of aryl methyl sites for hydroxylation is 1. The number of aromatic nitrogens is 2. The van der Waals surface area contributed by atoms with E-state index in [1.807, 2.05) is 24.4 Å². The molecule has 0 saturated carbocycles. The normalized spacial score (nSPS) is 15.1. The minimum Gasteiger partial charge on any atom is -1.00 e. The third-order valence-electron chi connectivity index (χ3n) is 5.85. The van der Waals surface area contributed by atoms with Gasteiger partial charge in [0.05, 0.1) is 0 Å². The first kappa shape index (κ1) is 20.2. The van der Waals surface area contributed by atoms with Gasteiger partial charge < -0.3 is 27.7 Å². The van der Waals surface area contributed by atoms with Crippen LogP contribution in [0.25, 0.3) is 22.0 Å². The Balaban J connectivity index is 0.00000218. The number of nitrogens with two attached hydrogens (primary N) is 1. The quantitative estimate of drug-likeness (QED) is 0.439. The van der Waals surface area contributed by atoms with Crippen LogP contribution in [0.1, 0.15) is 17.9 Å². The number of benzene rings is 2. The lowest BCUT2D eigenvalue weighted by molar-refractivity contribution is -0.697. The van der Waals surface area contributed by atoms with Crippen LogP contribution in [-0.2, 0) is 6.54 Å². The maximum Gasteiger partial charge on any atom is 0.319 e. The number of primary amides is 1. The fraction of sp³-hybridized carbons (Fsp3) is 0.167. The minimum atomic E-state index is -0.378. The number of rotatable bonds is 4. The highest BCUT2D eigenvalue weighted by Crippen LogP contribution is 2.37. The van der Waals surface area contributed by atoms with Crippen LogP contribution in [0.5, 0.6) is 0 Å². The fourth-order valence-corrected chi connectivity index (χ4v) is 4.29. The summed E-state index contributed by atoms with van der Waals surface area (Å²) in [6.45, 7) is 1.55. The molecule has 30 heavy (non-hydrogen) atoms. The standard InChI is InChI=1S/C24H22N4O.BrH/c25-24(29)28-16-20(21-3-1-2-4-23(21)28)10-14-27-12-8-17(9-13-27)18-5-6-22-19(15-18)7-11-26-22;/h1-9,11-13,15,20H,10,14,16H2,(H2,25,29);1H. The largest absolute Gasteiger partial charge is 1.00 e. The van der Waals surface area contributed by atoms with Gasteiger partial charge in [-0.15, -0.1) is 0 Å². The molecule has 2 aromatic carbocycles. The maximum absolute atomic E-state index is 11.8.